The number of nitrogens with one attached hydrogen (secondary N) is 1. The summed E-state index contributed by atoms with van der Waals surface area (Å²) in [6.45, 7) is 5.40. The van der Waals surface area contributed by atoms with E-state index in [1.54, 1.807) is 37.7 Å². The second kappa shape index (κ2) is 8.62. The van der Waals surface area contributed by atoms with E-state index in [1.165, 1.54) is 23.0 Å². The molecule has 0 aliphatic rings. The number of nitro groups is 1. The summed E-state index contributed by atoms with van der Waals surface area (Å²) in [6, 6.07) is 4.12. The summed E-state index contributed by atoms with van der Waals surface area (Å²) in [5, 5.41) is 22.5. The van der Waals surface area contributed by atoms with Crippen LogP contribution in [0.1, 0.15) is 23.9 Å². The van der Waals surface area contributed by atoms with Gasteiger partial charge in [-0.25, -0.2) is 4.39 Å². The standard InChI is InChI=1S/C19H20ClFN6O3/c1-11(8-26-13(3)18(27(29)30)12(2)24-26)19(28)23-16-7-22-25(10-16)9-14-4-5-15(21)6-17(14)20/h4-7,10-11H,8-9H2,1-3H3,(H,23,28). The van der Waals surface area contributed by atoms with E-state index in [0.29, 0.717) is 34.2 Å². The van der Waals surface area contributed by atoms with Crippen LogP contribution in [-0.2, 0) is 17.9 Å². The van der Waals surface area contributed by atoms with Gasteiger partial charge < -0.3 is 5.32 Å². The van der Waals surface area contributed by atoms with Gasteiger partial charge in [-0.3, -0.25) is 24.3 Å². The highest BCUT2D eigenvalue weighted by Crippen LogP contribution is 2.23. The maximum absolute atomic E-state index is 13.2. The molecule has 2 aromatic heterocycles. The second-order valence-electron chi connectivity index (χ2n) is 7.01. The molecule has 0 saturated heterocycles. The molecule has 9 nitrogen and oxygen atoms in total. The van der Waals surface area contributed by atoms with Crippen LogP contribution in [0.15, 0.2) is 30.6 Å². The topological polar surface area (TPSA) is 108 Å². The highest BCUT2D eigenvalue weighted by Gasteiger charge is 2.24. The Hall–Kier alpha value is -3.27. The van der Waals surface area contributed by atoms with Gasteiger partial charge in [-0.1, -0.05) is 24.6 Å². The lowest BCUT2D eigenvalue weighted by atomic mass is 10.1. The second-order valence-corrected chi connectivity index (χ2v) is 7.42. The molecule has 1 aromatic carbocycles. The van der Waals surface area contributed by atoms with Crippen molar-refractivity contribution in [3.05, 3.63) is 68.5 Å². The minimum absolute atomic E-state index is 0.0386. The van der Waals surface area contributed by atoms with Crippen LogP contribution >= 0.6 is 11.6 Å². The zero-order valence-corrected chi connectivity index (χ0v) is 17.4. The molecule has 0 bridgehead atoms. The fraction of sp³-hybridized carbons (Fsp3) is 0.316. The Kier molecular flexibility index (Phi) is 6.16. The summed E-state index contributed by atoms with van der Waals surface area (Å²) in [5.41, 5.74) is 1.86. The monoisotopic (exact) mass is 434 g/mol. The molecule has 11 heteroatoms. The van der Waals surface area contributed by atoms with Crippen molar-refractivity contribution in [1.82, 2.24) is 19.6 Å². The van der Waals surface area contributed by atoms with Crippen LogP contribution in [0.3, 0.4) is 0 Å². The number of amides is 1. The first-order chi connectivity index (χ1) is 14.2. The Morgan fingerprint density at radius 1 is 1.40 bits per heavy atom. The molecule has 2 heterocycles. The van der Waals surface area contributed by atoms with Crippen LogP contribution in [-0.4, -0.2) is 30.4 Å². The fourth-order valence-corrected chi connectivity index (χ4v) is 3.30. The lowest BCUT2D eigenvalue weighted by molar-refractivity contribution is -0.386. The number of carbonyl (C=O) groups excluding carboxylic acids is 1. The molecule has 158 valence electrons. The number of hydrogen-bond acceptors (Lipinski definition) is 5. The molecule has 0 saturated carbocycles. The minimum Gasteiger partial charge on any atom is -0.323 e. The normalized spacial score (nSPS) is 12.0. The van der Waals surface area contributed by atoms with Crippen LogP contribution in [0.4, 0.5) is 15.8 Å². The largest absolute Gasteiger partial charge is 0.323 e. The smallest absolute Gasteiger partial charge is 0.312 e. The Balaban J connectivity index is 1.64. The van der Waals surface area contributed by atoms with E-state index in [9.17, 15) is 19.3 Å². The molecular formula is C19H20ClFN6O3. The van der Waals surface area contributed by atoms with Gasteiger partial charge in [-0.15, -0.1) is 0 Å². The number of benzene rings is 1. The Bertz CT molecular complexity index is 1110. The van der Waals surface area contributed by atoms with Gasteiger partial charge in [0, 0.05) is 11.2 Å². The SMILES string of the molecule is Cc1nn(CC(C)C(=O)Nc2cnn(Cc3ccc(F)cc3Cl)c2)c(C)c1[N+](=O)[O-]. The lowest BCUT2D eigenvalue weighted by Gasteiger charge is -2.12. The number of anilines is 1. The van der Waals surface area contributed by atoms with E-state index in [0.717, 1.165) is 0 Å². The number of rotatable bonds is 7. The van der Waals surface area contributed by atoms with Gasteiger partial charge in [0.2, 0.25) is 5.91 Å². The Morgan fingerprint density at radius 3 is 2.77 bits per heavy atom. The van der Waals surface area contributed by atoms with Crippen LogP contribution in [0.5, 0.6) is 0 Å². The Labute approximate surface area is 176 Å². The number of aromatic nitrogens is 4. The van der Waals surface area contributed by atoms with E-state index in [-0.39, 0.29) is 18.1 Å². The van der Waals surface area contributed by atoms with Gasteiger partial charge in [0.05, 0.1) is 35.8 Å². The average Bonchev–Trinajstić information content (AvgIpc) is 3.21. The minimum atomic E-state index is -0.488. The van der Waals surface area contributed by atoms with Gasteiger partial charge in [0.25, 0.3) is 0 Å². The van der Waals surface area contributed by atoms with Crippen LogP contribution < -0.4 is 5.32 Å². The lowest BCUT2D eigenvalue weighted by Crippen LogP contribution is -2.25. The van der Waals surface area contributed by atoms with Gasteiger partial charge in [0.15, 0.2) is 0 Å². The summed E-state index contributed by atoms with van der Waals surface area (Å²) < 4.78 is 16.2. The summed E-state index contributed by atoms with van der Waals surface area (Å²) in [7, 11) is 0. The molecule has 1 N–H and O–H groups in total. The zero-order valence-electron chi connectivity index (χ0n) is 16.6. The van der Waals surface area contributed by atoms with E-state index in [4.69, 9.17) is 11.6 Å². The number of aryl methyl sites for hydroxylation is 1. The molecular weight excluding hydrogens is 415 g/mol. The number of nitrogens with zero attached hydrogens (tertiary/aromatic N) is 5. The molecule has 3 aromatic rings. The highest BCUT2D eigenvalue weighted by molar-refractivity contribution is 6.31. The van der Waals surface area contributed by atoms with Crippen molar-refractivity contribution in [2.24, 2.45) is 5.92 Å². The van der Waals surface area contributed by atoms with Crippen LogP contribution in [0, 0.1) is 35.7 Å². The van der Waals surface area contributed by atoms with Crippen molar-refractivity contribution >= 4 is 28.9 Å². The maximum atomic E-state index is 13.2. The van der Waals surface area contributed by atoms with E-state index >= 15 is 0 Å². The fourth-order valence-electron chi connectivity index (χ4n) is 3.08. The summed E-state index contributed by atoms with van der Waals surface area (Å²) >= 11 is 6.03. The first kappa shape index (κ1) is 21.4. The molecule has 0 fully saturated rings. The van der Waals surface area contributed by atoms with Crippen molar-refractivity contribution in [3.63, 3.8) is 0 Å². The number of halogens is 2. The predicted octanol–water partition coefficient (Wildman–Crippen LogP) is 3.72. The Morgan fingerprint density at radius 2 is 2.13 bits per heavy atom. The first-order valence-electron chi connectivity index (χ1n) is 9.11. The van der Waals surface area contributed by atoms with Gasteiger partial charge in [-0.2, -0.15) is 10.2 Å². The van der Waals surface area contributed by atoms with E-state index in [2.05, 4.69) is 15.5 Å². The van der Waals surface area contributed by atoms with Gasteiger partial charge in [0.1, 0.15) is 17.2 Å². The van der Waals surface area contributed by atoms with Gasteiger partial charge in [-0.05, 0) is 31.5 Å². The summed E-state index contributed by atoms with van der Waals surface area (Å²) in [5.74, 6) is -1.18. The molecule has 0 aliphatic carbocycles. The van der Waals surface area contributed by atoms with E-state index in [1.807, 2.05) is 0 Å². The number of carbonyl (C=O) groups is 1. The zero-order chi connectivity index (χ0) is 22.0. The summed E-state index contributed by atoms with van der Waals surface area (Å²) in [4.78, 5) is 23.2. The molecule has 1 amide bonds. The third-order valence-corrected chi connectivity index (χ3v) is 5.02. The quantitative estimate of drug-likeness (QED) is 0.450. The van der Waals surface area contributed by atoms with Crippen LogP contribution in [0.25, 0.3) is 0 Å². The van der Waals surface area contributed by atoms with Crippen molar-refractivity contribution in [2.45, 2.75) is 33.9 Å². The molecule has 1 atom stereocenters. The van der Waals surface area contributed by atoms with Crippen molar-refractivity contribution < 1.29 is 14.1 Å². The molecule has 0 radical (unpaired) electrons. The highest BCUT2D eigenvalue weighted by atomic mass is 35.5. The molecule has 0 spiro atoms. The van der Waals surface area contributed by atoms with Gasteiger partial charge >= 0.3 is 5.69 Å². The first-order valence-corrected chi connectivity index (χ1v) is 9.49. The third-order valence-electron chi connectivity index (χ3n) is 4.67. The van der Waals surface area contributed by atoms with Crippen molar-refractivity contribution in [2.75, 3.05) is 5.32 Å². The molecule has 30 heavy (non-hydrogen) atoms. The maximum Gasteiger partial charge on any atom is 0.312 e. The molecule has 1 unspecified atom stereocenters. The van der Waals surface area contributed by atoms with Crippen molar-refractivity contribution in [1.29, 1.82) is 0 Å². The number of hydrogen-bond donors (Lipinski definition) is 1. The van der Waals surface area contributed by atoms with Crippen molar-refractivity contribution in [3.8, 4) is 0 Å². The van der Waals surface area contributed by atoms with E-state index < -0.39 is 16.7 Å². The third kappa shape index (κ3) is 4.65. The predicted molar refractivity (Wildman–Crippen MR) is 109 cm³/mol. The summed E-state index contributed by atoms with van der Waals surface area (Å²) in [6.07, 6.45) is 3.13. The average molecular weight is 435 g/mol. The van der Waals surface area contributed by atoms with Crippen LogP contribution in [0.2, 0.25) is 5.02 Å². The molecule has 0 aliphatic heterocycles. The molecule has 3 rings (SSSR count).